The number of thiazole rings is 1. The van der Waals surface area contributed by atoms with E-state index in [2.05, 4.69) is 9.88 Å². The Labute approximate surface area is 179 Å². The molecule has 2 atom stereocenters. The van der Waals surface area contributed by atoms with Gasteiger partial charge in [-0.05, 0) is 48.2 Å². The Hall–Kier alpha value is -2.84. The Bertz CT molecular complexity index is 991. The van der Waals surface area contributed by atoms with E-state index in [1.54, 1.807) is 4.90 Å². The highest BCUT2D eigenvalue weighted by atomic mass is 32.1. The van der Waals surface area contributed by atoms with E-state index in [-0.39, 0.29) is 6.03 Å². The van der Waals surface area contributed by atoms with Gasteiger partial charge >= 0.3 is 6.03 Å². The second kappa shape index (κ2) is 8.12. The first-order chi connectivity index (χ1) is 14.6. The van der Waals surface area contributed by atoms with Crippen LogP contribution in [0.5, 0.6) is 16.7 Å². The van der Waals surface area contributed by atoms with Gasteiger partial charge < -0.3 is 20.1 Å². The highest BCUT2D eigenvalue weighted by Gasteiger charge is 2.40. The molecule has 2 aliphatic rings. The van der Waals surface area contributed by atoms with Gasteiger partial charge in [0, 0.05) is 32.7 Å². The maximum absolute atomic E-state index is 11.3. The van der Waals surface area contributed by atoms with E-state index >= 15 is 0 Å². The van der Waals surface area contributed by atoms with E-state index in [9.17, 15) is 4.79 Å². The Morgan fingerprint density at radius 2 is 1.73 bits per heavy atom. The van der Waals surface area contributed by atoms with E-state index in [0.717, 1.165) is 54.4 Å². The number of rotatable bonds is 6. The molecule has 2 saturated heterocycles. The molecule has 3 aromatic rings. The molecule has 0 radical (unpaired) electrons. The molecule has 8 heteroatoms. The monoisotopic (exact) mass is 424 g/mol. The number of fused-ring (bicyclic) bond motifs is 2. The molecule has 2 amide bonds. The van der Waals surface area contributed by atoms with Crippen LogP contribution in [0, 0.1) is 11.8 Å². The minimum atomic E-state index is -0.296. The first kappa shape index (κ1) is 19.1. The maximum Gasteiger partial charge on any atom is 0.314 e. The van der Waals surface area contributed by atoms with Crippen molar-refractivity contribution in [3.63, 3.8) is 0 Å². The number of carbonyl (C=O) groups excluding carboxylic acids is 1. The lowest BCUT2D eigenvalue weighted by atomic mass is 10.0. The molecular weight excluding hydrogens is 400 g/mol. The number of nitrogens with zero attached hydrogens (tertiary/aromatic N) is 3. The number of para-hydroxylation sites is 1. The fourth-order valence-electron chi connectivity index (χ4n) is 4.34. The average molecular weight is 425 g/mol. The van der Waals surface area contributed by atoms with Crippen LogP contribution in [0.25, 0.3) is 10.2 Å². The third-order valence-corrected chi connectivity index (χ3v) is 6.77. The lowest BCUT2D eigenvalue weighted by molar-refractivity contribution is 0.200. The maximum atomic E-state index is 11.3. The molecule has 30 heavy (non-hydrogen) atoms. The number of benzene rings is 2. The van der Waals surface area contributed by atoms with Crippen LogP contribution in [-0.4, -0.2) is 60.1 Å². The first-order valence-corrected chi connectivity index (χ1v) is 11.0. The summed E-state index contributed by atoms with van der Waals surface area (Å²) in [6.07, 6.45) is 0. The van der Waals surface area contributed by atoms with Gasteiger partial charge in [-0.15, -0.1) is 0 Å². The van der Waals surface area contributed by atoms with Crippen LogP contribution in [0.15, 0.2) is 48.5 Å². The lowest BCUT2D eigenvalue weighted by Gasteiger charge is -2.20. The third kappa shape index (κ3) is 4.06. The number of aromatic nitrogens is 1. The van der Waals surface area contributed by atoms with Gasteiger partial charge in [-0.2, -0.15) is 0 Å². The zero-order valence-corrected chi connectivity index (χ0v) is 17.4. The second-order valence-electron chi connectivity index (χ2n) is 7.89. The molecule has 7 nitrogen and oxygen atoms in total. The number of hydrogen-bond donors (Lipinski definition) is 1. The molecule has 2 N–H and O–H groups in total. The van der Waals surface area contributed by atoms with Crippen molar-refractivity contribution in [2.24, 2.45) is 17.6 Å². The van der Waals surface area contributed by atoms with Crippen LogP contribution in [0.2, 0.25) is 0 Å². The van der Waals surface area contributed by atoms with Gasteiger partial charge in [-0.3, -0.25) is 4.90 Å². The molecule has 0 aliphatic carbocycles. The zero-order chi connectivity index (χ0) is 20.5. The van der Waals surface area contributed by atoms with Gasteiger partial charge in [-0.1, -0.05) is 23.5 Å². The van der Waals surface area contributed by atoms with Crippen LogP contribution >= 0.6 is 11.3 Å². The standard InChI is InChI=1S/C22H24N4O3S/c23-21(27)26-13-15-11-25(12-16(15)14-26)9-10-28-17-5-7-18(8-6-17)29-22-24-19-3-1-2-4-20(19)30-22/h1-8,15-16H,9-14H2,(H2,23,27). The Balaban J connectivity index is 1.08. The number of primary amides is 1. The van der Waals surface area contributed by atoms with E-state index in [4.69, 9.17) is 15.2 Å². The number of likely N-dealkylation sites (tertiary alicyclic amines) is 2. The highest BCUT2D eigenvalue weighted by molar-refractivity contribution is 7.20. The Morgan fingerprint density at radius 3 is 2.43 bits per heavy atom. The van der Waals surface area contributed by atoms with Crippen molar-refractivity contribution >= 4 is 27.6 Å². The number of hydrogen-bond acceptors (Lipinski definition) is 6. The molecule has 2 fully saturated rings. The van der Waals surface area contributed by atoms with E-state index in [1.807, 2.05) is 48.5 Å². The van der Waals surface area contributed by atoms with Gasteiger partial charge in [-0.25, -0.2) is 9.78 Å². The summed E-state index contributed by atoms with van der Waals surface area (Å²) in [5.74, 6) is 2.65. The molecule has 2 aromatic carbocycles. The Kier molecular flexibility index (Phi) is 5.18. The molecule has 0 saturated carbocycles. The second-order valence-corrected chi connectivity index (χ2v) is 8.89. The first-order valence-electron chi connectivity index (χ1n) is 10.2. The quantitative estimate of drug-likeness (QED) is 0.656. The van der Waals surface area contributed by atoms with E-state index in [0.29, 0.717) is 23.6 Å². The van der Waals surface area contributed by atoms with Gasteiger partial charge in [0.2, 0.25) is 0 Å². The van der Waals surface area contributed by atoms with Crippen molar-refractivity contribution in [1.82, 2.24) is 14.8 Å². The minimum Gasteiger partial charge on any atom is -0.492 e. The summed E-state index contributed by atoms with van der Waals surface area (Å²) in [5.41, 5.74) is 6.34. The smallest absolute Gasteiger partial charge is 0.314 e. The number of carbonyl (C=O) groups is 1. The van der Waals surface area contributed by atoms with Crippen molar-refractivity contribution in [1.29, 1.82) is 0 Å². The Morgan fingerprint density at radius 1 is 1.03 bits per heavy atom. The molecule has 2 aliphatic heterocycles. The summed E-state index contributed by atoms with van der Waals surface area (Å²) >= 11 is 1.53. The molecule has 2 unspecified atom stereocenters. The average Bonchev–Trinajstić information content (AvgIpc) is 3.41. The minimum absolute atomic E-state index is 0.296. The largest absolute Gasteiger partial charge is 0.492 e. The lowest BCUT2D eigenvalue weighted by Crippen LogP contribution is -2.37. The fraction of sp³-hybridized carbons (Fsp3) is 0.364. The van der Waals surface area contributed by atoms with Gasteiger partial charge in [0.05, 0.1) is 10.2 Å². The van der Waals surface area contributed by atoms with Gasteiger partial charge in [0.25, 0.3) is 5.19 Å². The number of nitrogens with two attached hydrogens (primary N) is 1. The van der Waals surface area contributed by atoms with Crippen LogP contribution in [-0.2, 0) is 0 Å². The van der Waals surface area contributed by atoms with Gasteiger partial charge in [0.1, 0.15) is 18.1 Å². The van der Waals surface area contributed by atoms with E-state index < -0.39 is 0 Å². The third-order valence-electron chi connectivity index (χ3n) is 5.85. The summed E-state index contributed by atoms with van der Waals surface area (Å²) in [5, 5.41) is 0.638. The summed E-state index contributed by atoms with van der Waals surface area (Å²) in [4.78, 5) is 20.0. The van der Waals surface area contributed by atoms with Crippen molar-refractivity contribution in [3.05, 3.63) is 48.5 Å². The summed E-state index contributed by atoms with van der Waals surface area (Å²) in [7, 11) is 0. The fourth-order valence-corrected chi connectivity index (χ4v) is 5.18. The van der Waals surface area contributed by atoms with Crippen LogP contribution in [0.1, 0.15) is 0 Å². The SMILES string of the molecule is NC(=O)N1CC2CN(CCOc3ccc(Oc4nc5ccccc5s4)cc3)CC2C1. The van der Waals surface area contributed by atoms with Crippen molar-refractivity contribution in [2.75, 3.05) is 39.3 Å². The molecule has 1 aromatic heterocycles. The summed E-state index contributed by atoms with van der Waals surface area (Å²) in [6, 6.07) is 15.4. The zero-order valence-electron chi connectivity index (χ0n) is 16.6. The van der Waals surface area contributed by atoms with E-state index in [1.165, 1.54) is 11.3 Å². The number of amides is 2. The molecule has 5 rings (SSSR count). The van der Waals surface area contributed by atoms with Crippen molar-refractivity contribution in [2.45, 2.75) is 0 Å². The normalized spacial score (nSPS) is 21.1. The number of ether oxygens (including phenoxy) is 2. The van der Waals surface area contributed by atoms with Crippen LogP contribution < -0.4 is 15.2 Å². The summed E-state index contributed by atoms with van der Waals surface area (Å²) in [6.45, 7) is 5.10. The molecular formula is C22H24N4O3S. The molecule has 3 heterocycles. The summed E-state index contributed by atoms with van der Waals surface area (Å²) < 4.78 is 12.9. The van der Waals surface area contributed by atoms with Crippen molar-refractivity contribution < 1.29 is 14.3 Å². The predicted molar refractivity (Wildman–Crippen MR) is 116 cm³/mol. The van der Waals surface area contributed by atoms with Gasteiger partial charge in [0.15, 0.2) is 0 Å². The highest BCUT2D eigenvalue weighted by Crippen LogP contribution is 2.32. The van der Waals surface area contributed by atoms with Crippen LogP contribution in [0.3, 0.4) is 0 Å². The topological polar surface area (TPSA) is 80.9 Å². The van der Waals surface area contributed by atoms with Crippen LogP contribution in [0.4, 0.5) is 4.79 Å². The molecule has 156 valence electrons. The predicted octanol–water partition coefficient (Wildman–Crippen LogP) is 3.41. The molecule has 0 spiro atoms. The number of urea groups is 1. The van der Waals surface area contributed by atoms with Crippen molar-refractivity contribution in [3.8, 4) is 16.7 Å². The molecule has 0 bridgehead atoms.